The van der Waals surface area contributed by atoms with Crippen molar-refractivity contribution in [3.63, 3.8) is 0 Å². The first-order chi connectivity index (χ1) is 14.1. The van der Waals surface area contributed by atoms with E-state index in [4.69, 9.17) is 0 Å². The van der Waals surface area contributed by atoms with E-state index in [1.165, 1.54) is 64.1 Å². The van der Waals surface area contributed by atoms with Crippen LogP contribution in [0.2, 0.25) is 0 Å². The third kappa shape index (κ3) is 3.93. The molecular weight excluding hydrogens is 368 g/mol. The topological polar surface area (TPSA) is 37.3 Å². The summed E-state index contributed by atoms with van der Waals surface area (Å²) in [7, 11) is 0. The van der Waals surface area contributed by atoms with Gasteiger partial charge in [-0.25, -0.2) is 0 Å². The largest absolute Gasteiger partial charge is 0.390 e. The van der Waals surface area contributed by atoms with Crippen molar-refractivity contribution in [3.8, 4) is 0 Å². The molecule has 0 aromatic rings. The molecule has 1 unspecified atom stereocenters. The maximum atomic E-state index is 11.4. The third-order valence-corrected chi connectivity index (χ3v) is 11.1. The van der Waals surface area contributed by atoms with Crippen LogP contribution in [0.25, 0.3) is 0 Å². The average Bonchev–Trinajstić information content (AvgIpc) is 3.03. The van der Waals surface area contributed by atoms with Crippen molar-refractivity contribution in [2.45, 2.75) is 117 Å². The Morgan fingerprint density at radius 2 is 1.70 bits per heavy atom. The lowest BCUT2D eigenvalue weighted by Crippen LogP contribution is -2.53. The van der Waals surface area contributed by atoms with E-state index < -0.39 is 5.60 Å². The Morgan fingerprint density at radius 1 is 1.00 bits per heavy atom. The summed E-state index contributed by atoms with van der Waals surface area (Å²) in [6.45, 7) is 11.7. The van der Waals surface area contributed by atoms with Crippen LogP contribution in [0.15, 0.2) is 0 Å². The lowest BCUT2D eigenvalue weighted by atomic mass is 9.44. The van der Waals surface area contributed by atoms with E-state index in [2.05, 4.69) is 20.8 Å². The van der Waals surface area contributed by atoms with Crippen molar-refractivity contribution < 1.29 is 9.90 Å². The number of hydrogen-bond donors (Lipinski definition) is 1. The van der Waals surface area contributed by atoms with Crippen molar-refractivity contribution in [1.29, 1.82) is 0 Å². The van der Waals surface area contributed by atoms with Gasteiger partial charge in [-0.15, -0.1) is 0 Å². The molecular formula is C28H48O2. The van der Waals surface area contributed by atoms with E-state index in [1.54, 1.807) is 0 Å². The minimum Gasteiger partial charge on any atom is -0.390 e. The van der Waals surface area contributed by atoms with Gasteiger partial charge in [0, 0.05) is 5.92 Å². The molecule has 30 heavy (non-hydrogen) atoms. The standard InChI is InChI=1S/C28H48O2/c1-19(7-6-14-26(2,3)30)23-10-11-24-22-9-8-21-17-20(18-29)12-15-27(21,4)25(22)13-16-28(23,24)5/h18-25,30H,6-17H2,1-5H3/t19-,20?,21+,22+,23-,24+,25+,27+,28-/m1/s1. The molecule has 0 aliphatic heterocycles. The number of carbonyl (C=O) groups is 1. The van der Waals surface area contributed by atoms with Crippen LogP contribution < -0.4 is 0 Å². The van der Waals surface area contributed by atoms with Gasteiger partial charge in [-0.3, -0.25) is 0 Å². The number of fused-ring (bicyclic) bond motifs is 5. The number of hydrogen-bond acceptors (Lipinski definition) is 2. The van der Waals surface area contributed by atoms with Crippen LogP contribution in [0.5, 0.6) is 0 Å². The van der Waals surface area contributed by atoms with E-state index in [9.17, 15) is 9.90 Å². The Bertz CT molecular complexity index is 621. The monoisotopic (exact) mass is 416 g/mol. The molecule has 4 saturated carbocycles. The minimum absolute atomic E-state index is 0.342. The molecule has 0 aromatic heterocycles. The molecule has 172 valence electrons. The van der Waals surface area contributed by atoms with Gasteiger partial charge < -0.3 is 9.90 Å². The average molecular weight is 417 g/mol. The Morgan fingerprint density at radius 3 is 2.40 bits per heavy atom. The highest BCUT2D eigenvalue weighted by atomic mass is 16.3. The Labute approximate surface area is 186 Å². The van der Waals surface area contributed by atoms with Gasteiger partial charge in [0.25, 0.3) is 0 Å². The number of aliphatic hydroxyl groups is 1. The molecule has 0 spiro atoms. The maximum absolute atomic E-state index is 11.4. The van der Waals surface area contributed by atoms with E-state index in [0.717, 1.165) is 54.8 Å². The first kappa shape index (κ1) is 22.8. The zero-order chi connectivity index (χ0) is 21.7. The second-order valence-electron chi connectivity index (χ2n) is 13.2. The normalized spacial score (nSPS) is 47.1. The third-order valence-electron chi connectivity index (χ3n) is 11.1. The van der Waals surface area contributed by atoms with Gasteiger partial charge in [0.05, 0.1) is 5.60 Å². The second kappa shape index (κ2) is 8.20. The molecule has 4 rings (SSSR count). The number of aldehydes is 1. The van der Waals surface area contributed by atoms with Gasteiger partial charge in [0.2, 0.25) is 0 Å². The van der Waals surface area contributed by atoms with Crippen LogP contribution in [0, 0.1) is 52.3 Å². The highest BCUT2D eigenvalue weighted by Crippen LogP contribution is 2.68. The fourth-order valence-electron chi connectivity index (χ4n) is 9.45. The minimum atomic E-state index is -0.517. The molecule has 0 heterocycles. The molecule has 4 fully saturated rings. The molecule has 2 nitrogen and oxygen atoms in total. The van der Waals surface area contributed by atoms with Crippen molar-refractivity contribution in [3.05, 3.63) is 0 Å². The predicted octanol–water partition coefficient (Wildman–Crippen LogP) is 7.04. The summed E-state index contributed by atoms with van der Waals surface area (Å²) in [6.07, 6.45) is 16.8. The molecule has 0 radical (unpaired) electrons. The van der Waals surface area contributed by atoms with E-state index in [-0.39, 0.29) is 0 Å². The maximum Gasteiger partial charge on any atom is 0.123 e. The van der Waals surface area contributed by atoms with Crippen LogP contribution >= 0.6 is 0 Å². The van der Waals surface area contributed by atoms with E-state index >= 15 is 0 Å². The first-order valence-corrected chi connectivity index (χ1v) is 13.3. The van der Waals surface area contributed by atoms with Crippen LogP contribution in [-0.4, -0.2) is 17.0 Å². The van der Waals surface area contributed by atoms with Gasteiger partial charge in [0.15, 0.2) is 0 Å². The molecule has 0 aromatic carbocycles. The second-order valence-corrected chi connectivity index (χ2v) is 13.2. The molecule has 0 bridgehead atoms. The van der Waals surface area contributed by atoms with Gasteiger partial charge in [-0.2, -0.15) is 0 Å². The summed E-state index contributed by atoms with van der Waals surface area (Å²) in [5.41, 5.74) is 0.523. The van der Waals surface area contributed by atoms with Crippen LogP contribution in [0.4, 0.5) is 0 Å². The zero-order valence-electron chi connectivity index (χ0n) is 20.5. The summed E-state index contributed by atoms with van der Waals surface area (Å²) in [4.78, 5) is 11.4. The van der Waals surface area contributed by atoms with Gasteiger partial charge in [-0.1, -0.05) is 33.6 Å². The van der Waals surface area contributed by atoms with Crippen LogP contribution in [0.1, 0.15) is 112 Å². The smallest absolute Gasteiger partial charge is 0.123 e. The molecule has 9 atom stereocenters. The predicted molar refractivity (Wildman–Crippen MR) is 124 cm³/mol. The summed E-state index contributed by atoms with van der Waals surface area (Å²) in [5.74, 6) is 5.58. The van der Waals surface area contributed by atoms with Gasteiger partial charge in [0.1, 0.15) is 6.29 Å². The molecule has 4 aliphatic carbocycles. The van der Waals surface area contributed by atoms with Crippen LogP contribution in [-0.2, 0) is 4.79 Å². The zero-order valence-corrected chi connectivity index (χ0v) is 20.5. The fraction of sp³-hybridized carbons (Fsp3) is 0.964. The SMILES string of the molecule is C[C@H](CCCC(C)(C)O)[C@H]1CC[C@H]2[C@@H]3CC[C@H]4CC(C=O)CC[C@]4(C)[C@H]3CC[C@]12C. The number of carbonyl (C=O) groups excluding carboxylic acids is 1. The number of rotatable bonds is 6. The summed E-state index contributed by atoms with van der Waals surface area (Å²) >= 11 is 0. The van der Waals surface area contributed by atoms with Gasteiger partial charge >= 0.3 is 0 Å². The molecule has 1 N–H and O–H groups in total. The summed E-state index contributed by atoms with van der Waals surface area (Å²) < 4.78 is 0. The van der Waals surface area contributed by atoms with Crippen molar-refractivity contribution >= 4 is 6.29 Å². The molecule has 4 aliphatic rings. The molecule has 0 saturated heterocycles. The van der Waals surface area contributed by atoms with E-state index in [1.807, 2.05) is 13.8 Å². The highest BCUT2D eigenvalue weighted by Gasteiger charge is 2.60. The quantitative estimate of drug-likeness (QED) is 0.472. The fourth-order valence-corrected chi connectivity index (χ4v) is 9.45. The van der Waals surface area contributed by atoms with Crippen molar-refractivity contribution in [1.82, 2.24) is 0 Å². The van der Waals surface area contributed by atoms with E-state index in [0.29, 0.717) is 16.7 Å². The lowest BCUT2D eigenvalue weighted by molar-refractivity contribution is -0.130. The first-order valence-electron chi connectivity index (χ1n) is 13.3. The van der Waals surface area contributed by atoms with Crippen molar-refractivity contribution in [2.75, 3.05) is 0 Å². The Balaban J connectivity index is 1.44. The summed E-state index contributed by atoms with van der Waals surface area (Å²) in [5, 5.41) is 10.1. The lowest BCUT2D eigenvalue weighted by Gasteiger charge is -2.61. The molecule has 2 heteroatoms. The Hall–Kier alpha value is -0.370. The highest BCUT2D eigenvalue weighted by molar-refractivity contribution is 5.53. The van der Waals surface area contributed by atoms with Gasteiger partial charge in [-0.05, 0) is 124 Å². The van der Waals surface area contributed by atoms with Crippen LogP contribution in [0.3, 0.4) is 0 Å². The Kier molecular flexibility index (Phi) is 6.23. The van der Waals surface area contributed by atoms with Crippen molar-refractivity contribution in [2.24, 2.45) is 52.3 Å². The molecule has 0 amide bonds. The summed E-state index contributed by atoms with van der Waals surface area (Å²) in [6, 6.07) is 0.